The number of benzene rings is 5. The predicted octanol–water partition coefficient (Wildman–Crippen LogP) is 7.66. The first-order chi connectivity index (χ1) is 26.7. The molecule has 2 atom stereocenters. The molecule has 0 fully saturated rings. The summed E-state index contributed by atoms with van der Waals surface area (Å²) in [6.45, 7) is 1.30. The molecule has 11 nitrogen and oxygen atoms in total. The summed E-state index contributed by atoms with van der Waals surface area (Å²) in [5.41, 5.74) is 6.56. The van der Waals surface area contributed by atoms with E-state index in [0.717, 1.165) is 47.2 Å². The average Bonchev–Trinajstić information content (AvgIpc) is 3.20. The molecule has 5 aromatic carbocycles. The molecule has 5 aliphatic rings. The second kappa shape index (κ2) is 13.7. The van der Waals surface area contributed by atoms with Crippen LogP contribution in [0, 0.1) is 0 Å². The quantitative estimate of drug-likeness (QED) is 0.172. The van der Waals surface area contributed by atoms with Crippen LogP contribution in [0.5, 0.6) is 46.0 Å². The number of ether oxygens (including phenoxy) is 6. The summed E-state index contributed by atoms with van der Waals surface area (Å²) in [4.78, 5) is 2.55. The number of methoxy groups -OCH3 is 4. The zero-order valence-electron chi connectivity index (χ0n) is 31.5. The van der Waals surface area contributed by atoms with E-state index >= 15 is 0 Å². The maximum absolute atomic E-state index is 14.9. The van der Waals surface area contributed by atoms with E-state index in [1.807, 2.05) is 29.3 Å². The largest absolute Gasteiger partial charge is 0.493 e. The summed E-state index contributed by atoms with van der Waals surface area (Å²) in [6, 6.07) is 26.1. The molecule has 0 N–H and O–H groups in total. The van der Waals surface area contributed by atoms with Gasteiger partial charge >= 0.3 is 0 Å². The number of hydrogen-bond donors (Lipinski definition) is 0. The van der Waals surface area contributed by atoms with Crippen LogP contribution in [0.3, 0.4) is 0 Å². The molecule has 10 rings (SSSR count). The topological polar surface area (TPSA) is 99.2 Å². The summed E-state index contributed by atoms with van der Waals surface area (Å²) in [7, 11) is 4.45. The van der Waals surface area contributed by atoms with E-state index in [0.29, 0.717) is 71.1 Å². The Morgan fingerprint density at radius 3 is 2.09 bits per heavy atom. The average molecular weight is 762 g/mol. The summed E-state index contributed by atoms with van der Waals surface area (Å²) >= 11 is 0. The fraction of sp³-hybridized carbons (Fsp3) is 0.302. The van der Waals surface area contributed by atoms with E-state index in [1.165, 1.54) is 9.98 Å². The predicted molar refractivity (Wildman–Crippen MR) is 208 cm³/mol. The smallest absolute Gasteiger partial charge is 0.277 e. The first kappa shape index (κ1) is 35.3. The number of likely N-dealkylation sites (N-methyl/N-ethyl adjacent to an activating group) is 1. The zero-order chi connectivity index (χ0) is 38.0. The third-order valence-electron chi connectivity index (χ3n) is 11.4. The Kier molecular flexibility index (Phi) is 8.79. The number of hydrogen-bond acceptors (Lipinski definition) is 10. The number of fused-ring (bicyclic) bond motifs is 2. The van der Waals surface area contributed by atoms with Crippen molar-refractivity contribution in [1.82, 2.24) is 9.91 Å². The van der Waals surface area contributed by atoms with E-state index in [9.17, 15) is 8.42 Å². The van der Waals surface area contributed by atoms with Gasteiger partial charge < -0.3 is 28.4 Å². The monoisotopic (exact) mass is 761 g/mol. The highest BCUT2D eigenvalue weighted by molar-refractivity contribution is 7.92. The number of anilines is 1. The standard InChI is InChI=1S/C43H43N3O8S/c1-44-17-15-27-21-36(49-2)39-24-32(27)34(44)19-26-11-13-30(14-12-26)53-38-23-29-20-35-41-28(22-40(51-4)42(52-5)43(41)54-39)16-18-45(35)46(33(29)25-37(38)50-3)55(47,48)31-9-7-6-8-10-31/h6-14,21-25,34-35H,15-20H2,1-5H3/t34-,35+/m0/s1. The van der Waals surface area contributed by atoms with Crippen LogP contribution in [-0.4, -0.2) is 66.9 Å². The normalized spacial score (nSPS) is 18.8. The highest BCUT2D eigenvalue weighted by Crippen LogP contribution is 2.55. The van der Waals surface area contributed by atoms with Crippen molar-refractivity contribution >= 4 is 15.7 Å². The van der Waals surface area contributed by atoms with Crippen LogP contribution >= 0.6 is 0 Å². The minimum Gasteiger partial charge on any atom is -0.493 e. The SMILES string of the molecule is COc1cc2c3cc1Oc1ccc(cc1)C[C@H]1c4cc(c(OC)cc4CCN1C)Oc1c(OC)c(OC)cc4c1[C@@H](C3)N(CC4)N2S(=O)(=O)c1ccccc1. The van der Waals surface area contributed by atoms with Crippen LogP contribution in [0.2, 0.25) is 0 Å². The van der Waals surface area contributed by atoms with Gasteiger partial charge in [0.25, 0.3) is 10.0 Å². The molecule has 12 heteroatoms. The Bertz CT molecular complexity index is 2400. The highest BCUT2D eigenvalue weighted by Gasteiger charge is 2.46. The molecule has 5 heterocycles. The van der Waals surface area contributed by atoms with Gasteiger partial charge in [-0.1, -0.05) is 30.3 Å². The Hall–Kier alpha value is -5.43. The van der Waals surface area contributed by atoms with Crippen LogP contribution in [0.15, 0.2) is 89.8 Å². The van der Waals surface area contributed by atoms with Crippen LogP contribution in [-0.2, 0) is 35.7 Å². The van der Waals surface area contributed by atoms with E-state index in [2.05, 4.69) is 36.2 Å². The minimum absolute atomic E-state index is 0.0737. The first-order valence-corrected chi connectivity index (χ1v) is 19.9. The van der Waals surface area contributed by atoms with Crippen LogP contribution < -0.4 is 32.8 Å². The first-order valence-electron chi connectivity index (χ1n) is 18.4. The molecule has 5 aromatic rings. The molecule has 284 valence electrons. The second-order valence-electron chi connectivity index (χ2n) is 14.3. The maximum Gasteiger partial charge on any atom is 0.277 e. The van der Waals surface area contributed by atoms with Crippen molar-refractivity contribution in [2.24, 2.45) is 0 Å². The number of sulfonamides is 1. The Labute approximate surface area is 321 Å². The van der Waals surface area contributed by atoms with Gasteiger partial charge in [0.05, 0.1) is 45.1 Å². The Morgan fingerprint density at radius 1 is 0.673 bits per heavy atom. The molecular formula is C43H43N3O8S. The van der Waals surface area contributed by atoms with Crippen molar-refractivity contribution in [3.63, 3.8) is 0 Å². The highest BCUT2D eigenvalue weighted by atomic mass is 32.2. The molecule has 0 spiro atoms. The number of rotatable bonds is 6. The summed E-state index contributed by atoms with van der Waals surface area (Å²) in [5.74, 6) is 4.07. The number of nitrogens with zero attached hydrogens (tertiary/aromatic N) is 3. The molecule has 55 heavy (non-hydrogen) atoms. The Balaban J connectivity index is 1.33. The summed E-state index contributed by atoms with van der Waals surface area (Å²) < 4.78 is 68.7. The van der Waals surface area contributed by atoms with Gasteiger partial charge in [0.15, 0.2) is 34.5 Å². The molecule has 0 saturated carbocycles. The molecule has 0 aliphatic carbocycles. The molecule has 0 amide bonds. The van der Waals surface area contributed by atoms with Gasteiger partial charge in [-0.25, -0.2) is 0 Å². The van der Waals surface area contributed by atoms with Crippen molar-refractivity contribution < 1.29 is 36.8 Å². The molecule has 0 saturated heterocycles. The molecule has 0 aromatic heterocycles. The lowest BCUT2D eigenvalue weighted by Crippen LogP contribution is -2.54. The van der Waals surface area contributed by atoms with Gasteiger partial charge in [-0.2, -0.15) is 17.8 Å². The van der Waals surface area contributed by atoms with Gasteiger partial charge in [0, 0.05) is 30.8 Å². The zero-order valence-corrected chi connectivity index (χ0v) is 32.3. The summed E-state index contributed by atoms with van der Waals surface area (Å²) in [6.07, 6.45) is 2.59. The molecular weight excluding hydrogens is 719 g/mol. The molecule has 0 radical (unpaired) electrons. The van der Waals surface area contributed by atoms with Gasteiger partial charge in [-0.15, -0.1) is 0 Å². The third-order valence-corrected chi connectivity index (χ3v) is 13.1. The van der Waals surface area contributed by atoms with E-state index in [1.54, 1.807) is 64.8 Å². The van der Waals surface area contributed by atoms with E-state index in [4.69, 9.17) is 28.4 Å². The second-order valence-corrected chi connectivity index (χ2v) is 16.1. The fourth-order valence-corrected chi connectivity index (χ4v) is 10.2. The lowest BCUT2D eigenvalue weighted by molar-refractivity contribution is 0.178. The summed E-state index contributed by atoms with van der Waals surface area (Å²) in [5, 5.41) is 1.93. The number of hydrazine groups is 1. The maximum atomic E-state index is 14.9. The van der Waals surface area contributed by atoms with Gasteiger partial charge in [0.2, 0.25) is 5.75 Å². The third kappa shape index (κ3) is 5.82. The van der Waals surface area contributed by atoms with Crippen molar-refractivity contribution in [3.05, 3.63) is 118 Å². The Morgan fingerprint density at radius 2 is 1.36 bits per heavy atom. The van der Waals surface area contributed by atoms with Crippen LogP contribution in [0.25, 0.3) is 0 Å². The van der Waals surface area contributed by atoms with Crippen molar-refractivity contribution in [2.45, 2.75) is 42.7 Å². The molecule has 0 unspecified atom stereocenters. The van der Waals surface area contributed by atoms with Crippen LogP contribution in [0.1, 0.15) is 45.5 Å². The lowest BCUT2D eigenvalue weighted by Gasteiger charge is -2.48. The van der Waals surface area contributed by atoms with Crippen molar-refractivity contribution in [1.29, 1.82) is 0 Å². The van der Waals surface area contributed by atoms with Crippen LogP contribution in [0.4, 0.5) is 5.69 Å². The van der Waals surface area contributed by atoms with Crippen molar-refractivity contribution in [2.75, 3.05) is 53.0 Å². The van der Waals surface area contributed by atoms with Gasteiger partial charge in [0.1, 0.15) is 5.75 Å². The molecule has 7 bridgehead atoms. The van der Waals surface area contributed by atoms with Crippen molar-refractivity contribution in [3.8, 4) is 46.0 Å². The fourth-order valence-electron chi connectivity index (χ4n) is 8.64. The minimum atomic E-state index is -4.13. The van der Waals surface area contributed by atoms with E-state index in [-0.39, 0.29) is 10.9 Å². The lowest BCUT2D eigenvalue weighted by atomic mass is 9.86. The van der Waals surface area contributed by atoms with E-state index < -0.39 is 16.1 Å². The molecule has 5 aliphatic heterocycles. The van der Waals surface area contributed by atoms with Gasteiger partial charge in [-0.3, -0.25) is 4.90 Å². The van der Waals surface area contributed by atoms with Gasteiger partial charge in [-0.05, 0) is 109 Å².